The Bertz CT molecular complexity index is 610. The van der Waals surface area contributed by atoms with Gasteiger partial charge in [-0.2, -0.15) is 0 Å². The Kier molecular flexibility index (Phi) is 3.88. The molecule has 1 aliphatic carbocycles. The fourth-order valence-electron chi connectivity index (χ4n) is 3.30. The normalized spacial score (nSPS) is 32.5. The van der Waals surface area contributed by atoms with Crippen LogP contribution < -0.4 is 5.73 Å². The standard InChI is InChI=1S/C15H24N2O3S/c1-10-7-12(10)14-3-4-15(20-14)13(8-16)17(2)11-5-6-21(18,19)9-11/h3-4,10-13H,5-9,16H2,1-2H3. The average Bonchev–Trinajstić information content (AvgIpc) is 2.86. The lowest BCUT2D eigenvalue weighted by Gasteiger charge is -2.30. The SMILES string of the molecule is CC1CC1c1ccc(C(CN)N(C)C2CCS(=O)(=O)C2)o1. The van der Waals surface area contributed by atoms with Crippen molar-refractivity contribution in [3.8, 4) is 0 Å². The zero-order valence-corrected chi connectivity index (χ0v) is 13.5. The van der Waals surface area contributed by atoms with Crippen LogP contribution in [0.15, 0.2) is 16.5 Å². The van der Waals surface area contributed by atoms with Crippen molar-refractivity contribution in [3.63, 3.8) is 0 Å². The first-order chi connectivity index (χ1) is 9.91. The zero-order valence-electron chi connectivity index (χ0n) is 12.7. The molecule has 1 saturated carbocycles. The Morgan fingerprint density at radius 1 is 1.48 bits per heavy atom. The molecule has 0 radical (unpaired) electrons. The van der Waals surface area contributed by atoms with E-state index in [2.05, 4.69) is 11.8 Å². The number of nitrogens with two attached hydrogens (primary N) is 1. The lowest BCUT2D eigenvalue weighted by atomic mass is 10.1. The average molecular weight is 312 g/mol. The Hall–Kier alpha value is -0.850. The molecule has 6 heteroatoms. The smallest absolute Gasteiger partial charge is 0.151 e. The van der Waals surface area contributed by atoms with E-state index in [9.17, 15) is 8.42 Å². The van der Waals surface area contributed by atoms with E-state index < -0.39 is 9.84 Å². The first kappa shape index (κ1) is 15.1. The summed E-state index contributed by atoms with van der Waals surface area (Å²) in [6.45, 7) is 2.66. The first-order valence-electron chi connectivity index (χ1n) is 7.63. The maximum absolute atomic E-state index is 11.6. The van der Waals surface area contributed by atoms with E-state index in [1.807, 2.05) is 19.2 Å². The maximum atomic E-state index is 11.6. The van der Waals surface area contributed by atoms with E-state index in [1.165, 1.54) is 6.42 Å². The Morgan fingerprint density at radius 2 is 2.19 bits per heavy atom. The summed E-state index contributed by atoms with van der Waals surface area (Å²) in [7, 11) is -0.934. The molecule has 5 nitrogen and oxygen atoms in total. The molecule has 21 heavy (non-hydrogen) atoms. The summed E-state index contributed by atoms with van der Waals surface area (Å²) in [6.07, 6.45) is 1.87. The van der Waals surface area contributed by atoms with Gasteiger partial charge in [-0.3, -0.25) is 4.90 Å². The Labute approximate surface area is 126 Å². The van der Waals surface area contributed by atoms with Crippen LogP contribution in [-0.2, 0) is 9.84 Å². The second-order valence-electron chi connectivity index (χ2n) is 6.53. The molecule has 3 rings (SSSR count). The summed E-state index contributed by atoms with van der Waals surface area (Å²) in [6, 6.07) is 4.03. The van der Waals surface area contributed by atoms with Crippen LogP contribution in [0.3, 0.4) is 0 Å². The summed E-state index contributed by atoms with van der Waals surface area (Å²) in [5, 5.41) is 0. The van der Waals surface area contributed by atoms with Crippen LogP contribution in [0.1, 0.15) is 43.2 Å². The van der Waals surface area contributed by atoms with Crippen molar-refractivity contribution in [1.29, 1.82) is 0 Å². The number of hydrogen-bond acceptors (Lipinski definition) is 5. The van der Waals surface area contributed by atoms with Crippen molar-refractivity contribution in [1.82, 2.24) is 4.90 Å². The summed E-state index contributed by atoms with van der Waals surface area (Å²) >= 11 is 0. The summed E-state index contributed by atoms with van der Waals surface area (Å²) < 4.78 is 29.3. The fraction of sp³-hybridized carbons (Fsp3) is 0.733. The third kappa shape index (κ3) is 3.03. The minimum atomic E-state index is -2.88. The molecule has 2 fully saturated rings. The fourth-order valence-corrected chi connectivity index (χ4v) is 5.09. The first-order valence-corrected chi connectivity index (χ1v) is 9.45. The van der Waals surface area contributed by atoms with Crippen molar-refractivity contribution in [2.75, 3.05) is 25.1 Å². The maximum Gasteiger partial charge on any atom is 0.151 e. The second-order valence-corrected chi connectivity index (χ2v) is 8.76. The number of furan rings is 1. The summed E-state index contributed by atoms with van der Waals surface area (Å²) in [4.78, 5) is 2.07. The molecule has 118 valence electrons. The van der Waals surface area contributed by atoms with E-state index in [0.29, 0.717) is 24.8 Å². The van der Waals surface area contributed by atoms with Crippen molar-refractivity contribution >= 4 is 9.84 Å². The van der Waals surface area contributed by atoms with Crippen LogP contribution >= 0.6 is 0 Å². The number of nitrogens with zero attached hydrogens (tertiary/aromatic N) is 1. The van der Waals surface area contributed by atoms with E-state index in [-0.39, 0.29) is 23.6 Å². The Balaban J connectivity index is 1.73. The molecule has 4 atom stereocenters. The lowest BCUT2D eigenvalue weighted by molar-refractivity contribution is 0.169. The summed E-state index contributed by atoms with van der Waals surface area (Å²) in [5.41, 5.74) is 5.92. The van der Waals surface area contributed by atoms with Gasteiger partial charge in [-0.25, -0.2) is 8.42 Å². The van der Waals surface area contributed by atoms with Crippen LogP contribution in [-0.4, -0.2) is 44.5 Å². The number of sulfone groups is 1. The van der Waals surface area contributed by atoms with Gasteiger partial charge in [0.05, 0.1) is 17.5 Å². The number of rotatable bonds is 5. The van der Waals surface area contributed by atoms with E-state index in [4.69, 9.17) is 10.2 Å². The van der Waals surface area contributed by atoms with Gasteiger partial charge in [0.1, 0.15) is 11.5 Å². The monoisotopic (exact) mass is 312 g/mol. The Morgan fingerprint density at radius 3 is 2.71 bits per heavy atom. The van der Waals surface area contributed by atoms with Gasteiger partial charge >= 0.3 is 0 Å². The molecule has 1 aliphatic heterocycles. The lowest BCUT2D eigenvalue weighted by Crippen LogP contribution is -2.39. The van der Waals surface area contributed by atoms with Crippen molar-refractivity contribution in [2.24, 2.45) is 11.7 Å². The van der Waals surface area contributed by atoms with Gasteiger partial charge < -0.3 is 10.2 Å². The predicted molar refractivity (Wildman–Crippen MR) is 81.8 cm³/mol. The molecule has 4 unspecified atom stereocenters. The van der Waals surface area contributed by atoms with Gasteiger partial charge in [0.2, 0.25) is 0 Å². The van der Waals surface area contributed by atoms with Gasteiger partial charge in [0.25, 0.3) is 0 Å². The second kappa shape index (κ2) is 5.41. The van der Waals surface area contributed by atoms with Gasteiger partial charge in [-0.1, -0.05) is 6.92 Å². The van der Waals surface area contributed by atoms with Crippen LogP contribution in [0.4, 0.5) is 0 Å². The number of likely N-dealkylation sites (N-methyl/N-ethyl adjacent to an activating group) is 1. The van der Waals surface area contributed by atoms with Crippen LogP contribution in [0.25, 0.3) is 0 Å². The highest BCUT2D eigenvalue weighted by Crippen LogP contribution is 2.47. The van der Waals surface area contributed by atoms with Crippen molar-refractivity contribution in [2.45, 2.75) is 37.8 Å². The minimum Gasteiger partial charge on any atom is -0.464 e. The molecular formula is C15H24N2O3S. The van der Waals surface area contributed by atoms with Gasteiger partial charge in [-0.05, 0) is 37.9 Å². The van der Waals surface area contributed by atoms with Gasteiger partial charge in [0.15, 0.2) is 9.84 Å². The third-order valence-corrected chi connectivity index (χ3v) is 6.70. The molecule has 1 aromatic rings. The number of hydrogen-bond donors (Lipinski definition) is 1. The van der Waals surface area contributed by atoms with Crippen LogP contribution in [0.2, 0.25) is 0 Å². The predicted octanol–water partition coefficient (Wildman–Crippen LogP) is 1.52. The molecular weight excluding hydrogens is 288 g/mol. The van der Waals surface area contributed by atoms with Gasteiger partial charge in [0, 0.05) is 18.5 Å². The van der Waals surface area contributed by atoms with Crippen molar-refractivity contribution in [3.05, 3.63) is 23.7 Å². The van der Waals surface area contributed by atoms with E-state index in [0.717, 1.165) is 11.5 Å². The molecule has 1 saturated heterocycles. The zero-order chi connectivity index (χ0) is 15.2. The molecule has 1 aromatic heterocycles. The third-order valence-electron chi connectivity index (χ3n) is 4.95. The highest BCUT2D eigenvalue weighted by atomic mass is 32.2. The molecule has 2 heterocycles. The van der Waals surface area contributed by atoms with Crippen molar-refractivity contribution < 1.29 is 12.8 Å². The highest BCUT2D eigenvalue weighted by Gasteiger charge is 2.38. The molecule has 2 N–H and O–H groups in total. The van der Waals surface area contributed by atoms with Gasteiger partial charge in [-0.15, -0.1) is 0 Å². The molecule has 0 bridgehead atoms. The quantitative estimate of drug-likeness (QED) is 0.892. The topological polar surface area (TPSA) is 76.5 Å². The molecule has 0 aromatic carbocycles. The molecule has 2 aliphatic rings. The minimum absolute atomic E-state index is 0.0388. The summed E-state index contributed by atoms with van der Waals surface area (Å²) in [5.74, 6) is 3.67. The molecule has 0 spiro atoms. The highest BCUT2D eigenvalue weighted by molar-refractivity contribution is 7.91. The molecule has 0 amide bonds. The van der Waals surface area contributed by atoms with E-state index >= 15 is 0 Å². The van der Waals surface area contributed by atoms with Crippen LogP contribution in [0.5, 0.6) is 0 Å². The van der Waals surface area contributed by atoms with Crippen LogP contribution in [0, 0.1) is 5.92 Å². The largest absolute Gasteiger partial charge is 0.464 e. The van der Waals surface area contributed by atoms with E-state index in [1.54, 1.807) is 0 Å².